The van der Waals surface area contributed by atoms with Gasteiger partial charge in [-0.15, -0.1) is 0 Å². The Labute approximate surface area is 180 Å². The molecule has 27 heavy (non-hydrogen) atoms. The van der Waals surface area contributed by atoms with Gasteiger partial charge >= 0.3 is 23.9 Å². The van der Waals surface area contributed by atoms with Crippen LogP contribution in [-0.4, -0.2) is 49.8 Å². The summed E-state index contributed by atoms with van der Waals surface area (Å²) in [5.74, 6) is 0. The van der Waals surface area contributed by atoms with Crippen LogP contribution in [0.25, 0.3) is 0 Å². The second-order valence-electron chi connectivity index (χ2n) is 4.53. The second kappa shape index (κ2) is 15.0. The van der Waals surface area contributed by atoms with Crippen molar-refractivity contribution in [3.63, 3.8) is 0 Å². The second-order valence-corrected chi connectivity index (χ2v) is 7.29. The Kier molecular flexibility index (Phi) is 17.1. The maximum atomic E-state index is 10.4. The first-order chi connectivity index (χ1) is 12.0. The van der Waals surface area contributed by atoms with Gasteiger partial charge in [0.05, 0.1) is 9.79 Å². The van der Waals surface area contributed by atoms with Crippen LogP contribution >= 0.6 is 0 Å². The number of rotatable bonds is 2. The molecule has 0 bridgehead atoms. The largest absolute Gasteiger partial charge is 2.00 e. The smallest absolute Gasteiger partial charge is 0.744 e. The molecule has 6 nitrogen and oxygen atoms in total. The third-order valence-corrected chi connectivity index (χ3v) is 4.32. The quantitative estimate of drug-likeness (QED) is 0.445. The molecule has 0 saturated heterocycles. The van der Waals surface area contributed by atoms with Gasteiger partial charge in [-0.05, 0) is 38.1 Å². The molecule has 0 heterocycles. The van der Waals surface area contributed by atoms with Gasteiger partial charge in [0, 0.05) is 0 Å². The van der Waals surface area contributed by atoms with E-state index < -0.39 is 20.2 Å². The Morgan fingerprint density at radius 2 is 0.778 bits per heavy atom. The molecule has 0 unspecified atom stereocenters. The zero-order chi connectivity index (χ0) is 21.0. The Morgan fingerprint density at radius 3 is 0.926 bits per heavy atom. The van der Waals surface area contributed by atoms with E-state index in [9.17, 15) is 25.9 Å². The maximum absolute atomic E-state index is 10.4. The van der Waals surface area contributed by atoms with E-state index >= 15 is 0 Å². The third kappa shape index (κ3) is 13.8. The Hall–Kier alpha value is -0.941. The minimum atomic E-state index is -4.27. The van der Waals surface area contributed by atoms with E-state index in [2.05, 4.69) is 13.8 Å². The van der Waals surface area contributed by atoms with Crippen molar-refractivity contribution in [1.82, 2.24) is 0 Å². The fourth-order valence-electron chi connectivity index (χ4n) is 1.41. The average molecular weight is 519 g/mol. The van der Waals surface area contributed by atoms with Crippen LogP contribution in [0.2, 0.25) is 0 Å². The first-order valence-electron chi connectivity index (χ1n) is 7.47. The molecule has 0 aliphatic rings. The summed E-state index contributed by atoms with van der Waals surface area (Å²) < 4.78 is 62.3. The average Bonchev–Trinajstić information content (AvgIpc) is 2.58. The van der Waals surface area contributed by atoms with Crippen LogP contribution in [0.1, 0.15) is 25.0 Å². The monoisotopic (exact) mass is 520 g/mol. The number of aryl methyl sites for hydroxylation is 2. The first kappa shape index (κ1) is 30.8. The van der Waals surface area contributed by atoms with E-state index in [0.29, 0.717) is 0 Å². The molecule has 0 aliphatic carbocycles. The van der Waals surface area contributed by atoms with Gasteiger partial charge in [-0.1, -0.05) is 63.1 Å². The van der Waals surface area contributed by atoms with Gasteiger partial charge in [-0.3, -0.25) is 0 Å². The SMILES string of the molecule is Cc1ccc(S(=O)(=O)[O-])cc1.Cc1ccc(S(=O)(=O)[O-])cc1.[CH2]C.[CH2]C.[Sn+2]. The zero-order valence-electron chi connectivity index (χ0n) is 15.8. The molecular weight excluding hydrogens is 495 g/mol. The summed E-state index contributed by atoms with van der Waals surface area (Å²) in [5, 5.41) is 0. The summed E-state index contributed by atoms with van der Waals surface area (Å²) >= 11 is 0. The minimum Gasteiger partial charge on any atom is -0.744 e. The van der Waals surface area contributed by atoms with E-state index in [1.54, 1.807) is 38.1 Å². The predicted molar refractivity (Wildman–Crippen MR) is 106 cm³/mol. The first-order valence-corrected chi connectivity index (χ1v) is 10.3. The van der Waals surface area contributed by atoms with Crippen molar-refractivity contribution in [2.24, 2.45) is 0 Å². The van der Waals surface area contributed by atoms with Crippen LogP contribution in [0.15, 0.2) is 58.3 Å². The molecule has 4 radical (unpaired) electrons. The fourth-order valence-corrected chi connectivity index (χ4v) is 2.35. The normalized spacial score (nSPS) is 9.78. The van der Waals surface area contributed by atoms with Crippen molar-refractivity contribution < 1.29 is 25.9 Å². The van der Waals surface area contributed by atoms with Crippen LogP contribution in [0, 0.1) is 27.7 Å². The van der Waals surface area contributed by atoms with Gasteiger partial charge in [0.1, 0.15) is 20.2 Å². The van der Waals surface area contributed by atoms with Crippen LogP contribution in [0.3, 0.4) is 0 Å². The predicted octanol–water partition coefficient (Wildman–Crippen LogP) is 3.10. The zero-order valence-corrected chi connectivity index (χ0v) is 20.3. The van der Waals surface area contributed by atoms with Crippen molar-refractivity contribution in [1.29, 1.82) is 0 Å². The van der Waals surface area contributed by atoms with Gasteiger partial charge in [0.2, 0.25) is 0 Å². The van der Waals surface area contributed by atoms with Gasteiger partial charge < -0.3 is 9.11 Å². The molecular formula is C18H24O6S2Sn. The van der Waals surface area contributed by atoms with E-state index in [0.717, 1.165) is 11.1 Å². The van der Waals surface area contributed by atoms with Crippen LogP contribution in [0.4, 0.5) is 0 Å². The molecule has 0 N–H and O–H groups in total. The summed E-state index contributed by atoms with van der Waals surface area (Å²) in [6, 6.07) is 11.6. The molecule has 2 rings (SSSR count). The van der Waals surface area contributed by atoms with Crippen LogP contribution in [-0.2, 0) is 20.2 Å². The Balaban J connectivity index is -0.000000349. The van der Waals surface area contributed by atoms with Crippen molar-refractivity contribution >= 4 is 44.1 Å². The summed E-state index contributed by atoms with van der Waals surface area (Å²) in [4.78, 5) is -0.355. The van der Waals surface area contributed by atoms with Crippen molar-refractivity contribution in [3.05, 3.63) is 73.5 Å². The van der Waals surface area contributed by atoms with Crippen molar-refractivity contribution in [2.75, 3.05) is 0 Å². The molecule has 2 aromatic rings. The van der Waals surface area contributed by atoms with Crippen molar-refractivity contribution in [3.8, 4) is 0 Å². The molecule has 0 saturated carbocycles. The van der Waals surface area contributed by atoms with Gasteiger partial charge in [-0.25, -0.2) is 16.8 Å². The van der Waals surface area contributed by atoms with E-state index in [-0.39, 0.29) is 33.7 Å². The van der Waals surface area contributed by atoms with Gasteiger partial charge in [0.15, 0.2) is 0 Å². The molecule has 9 heteroatoms. The molecule has 148 valence electrons. The standard InChI is InChI=1S/2C7H8O3S.2C2H5.Sn/c2*1-6-2-4-7(5-3-6)11(8,9)10;2*1-2;/h2*2-5H,1H3,(H,8,9,10);2*1H2,2H3;/q;;;;+2/p-2. The fraction of sp³-hybridized carbons (Fsp3) is 0.222. The third-order valence-electron chi connectivity index (χ3n) is 2.62. The van der Waals surface area contributed by atoms with E-state index in [4.69, 9.17) is 0 Å². The summed E-state index contributed by atoms with van der Waals surface area (Å²) in [6.45, 7) is 13.6. The number of hydrogen-bond donors (Lipinski definition) is 0. The van der Waals surface area contributed by atoms with E-state index in [1.807, 2.05) is 13.8 Å². The molecule has 0 aromatic heterocycles. The summed E-state index contributed by atoms with van der Waals surface area (Å²) in [7, 11) is -8.54. The summed E-state index contributed by atoms with van der Waals surface area (Å²) in [5.41, 5.74) is 1.86. The molecule has 0 spiro atoms. The van der Waals surface area contributed by atoms with Crippen molar-refractivity contribution in [2.45, 2.75) is 37.5 Å². The molecule has 2 aromatic carbocycles. The molecule has 0 fully saturated rings. The molecule has 0 aliphatic heterocycles. The Morgan fingerprint density at radius 1 is 0.593 bits per heavy atom. The van der Waals surface area contributed by atoms with Gasteiger partial charge in [0.25, 0.3) is 0 Å². The number of benzene rings is 2. The van der Waals surface area contributed by atoms with Gasteiger partial charge in [-0.2, -0.15) is 0 Å². The maximum Gasteiger partial charge on any atom is 2.00 e. The van der Waals surface area contributed by atoms with Crippen LogP contribution in [0.5, 0.6) is 0 Å². The summed E-state index contributed by atoms with van der Waals surface area (Å²) in [6.07, 6.45) is 0. The molecule has 0 atom stereocenters. The topological polar surface area (TPSA) is 114 Å². The number of hydrogen-bond acceptors (Lipinski definition) is 6. The van der Waals surface area contributed by atoms with Crippen LogP contribution < -0.4 is 0 Å². The molecule has 0 amide bonds. The van der Waals surface area contributed by atoms with E-state index in [1.165, 1.54) is 24.3 Å². The Bertz CT molecular complexity index is 755. The minimum absolute atomic E-state index is 0.